The fourth-order valence-corrected chi connectivity index (χ4v) is 1.42. The first-order chi connectivity index (χ1) is 8.50. The van der Waals surface area contributed by atoms with Gasteiger partial charge in [0.05, 0.1) is 11.3 Å². The van der Waals surface area contributed by atoms with Crippen LogP contribution in [0.1, 0.15) is 5.56 Å². The minimum atomic E-state index is -4.37. The van der Waals surface area contributed by atoms with E-state index in [-0.39, 0.29) is 0 Å². The number of nitrogens with zero attached hydrogens (tertiary/aromatic N) is 2. The second-order valence-corrected chi connectivity index (χ2v) is 3.53. The molecular weight excluding hydrogens is 245 g/mol. The Kier molecular flexibility index (Phi) is 3.15. The van der Waals surface area contributed by atoms with Crippen LogP contribution in [-0.2, 0) is 6.18 Å². The molecule has 18 heavy (non-hydrogen) atoms. The van der Waals surface area contributed by atoms with Crippen LogP contribution < -0.4 is 11.3 Å². The van der Waals surface area contributed by atoms with Gasteiger partial charge in [-0.15, -0.1) is 10.2 Å². The lowest BCUT2D eigenvalue weighted by Crippen LogP contribution is -2.09. The maximum Gasteiger partial charge on any atom is 0.416 e. The minimum Gasteiger partial charge on any atom is -0.307 e. The van der Waals surface area contributed by atoms with Crippen molar-refractivity contribution in [3.05, 3.63) is 42.0 Å². The predicted octanol–water partition coefficient (Wildman–Crippen LogP) is 2.45. The van der Waals surface area contributed by atoms with E-state index in [1.54, 1.807) is 0 Å². The number of halogens is 3. The number of alkyl halides is 3. The van der Waals surface area contributed by atoms with Gasteiger partial charge < -0.3 is 5.43 Å². The highest BCUT2D eigenvalue weighted by molar-refractivity contribution is 5.60. The second kappa shape index (κ2) is 4.61. The number of benzene rings is 1. The molecule has 0 spiro atoms. The summed E-state index contributed by atoms with van der Waals surface area (Å²) in [5.41, 5.74) is 2.26. The first kappa shape index (κ1) is 12.3. The molecule has 0 radical (unpaired) electrons. The van der Waals surface area contributed by atoms with Crippen molar-refractivity contribution in [3.63, 3.8) is 0 Å². The summed E-state index contributed by atoms with van der Waals surface area (Å²) in [5.74, 6) is 5.46. The van der Waals surface area contributed by atoms with Gasteiger partial charge in [-0.05, 0) is 24.3 Å². The third-order valence-corrected chi connectivity index (χ3v) is 2.30. The Morgan fingerprint density at radius 3 is 2.39 bits per heavy atom. The molecule has 0 unspecified atom stereocenters. The summed E-state index contributed by atoms with van der Waals surface area (Å²) < 4.78 is 37.6. The van der Waals surface area contributed by atoms with Crippen molar-refractivity contribution >= 4 is 5.82 Å². The Balaban J connectivity index is 2.38. The van der Waals surface area contributed by atoms with Crippen molar-refractivity contribution in [1.29, 1.82) is 0 Å². The topological polar surface area (TPSA) is 63.8 Å². The number of rotatable bonds is 2. The summed E-state index contributed by atoms with van der Waals surface area (Å²) in [6.07, 6.45) is -4.37. The first-order valence-electron chi connectivity index (χ1n) is 4.98. The molecule has 0 aliphatic carbocycles. The Morgan fingerprint density at radius 2 is 1.83 bits per heavy atom. The first-order valence-corrected chi connectivity index (χ1v) is 4.98. The van der Waals surface area contributed by atoms with Crippen LogP contribution >= 0.6 is 0 Å². The van der Waals surface area contributed by atoms with Crippen LogP contribution in [0.4, 0.5) is 19.0 Å². The molecule has 1 aromatic heterocycles. The molecule has 0 saturated carbocycles. The maximum atomic E-state index is 12.5. The number of nitrogens with two attached hydrogens (primary N) is 1. The van der Waals surface area contributed by atoms with E-state index in [2.05, 4.69) is 15.6 Å². The largest absolute Gasteiger partial charge is 0.416 e. The highest BCUT2D eigenvalue weighted by Gasteiger charge is 2.30. The fourth-order valence-electron chi connectivity index (χ4n) is 1.42. The SMILES string of the molecule is NNc1ccc(-c2cccc(C(F)(F)F)c2)nn1. The number of aromatic nitrogens is 2. The molecule has 0 bridgehead atoms. The predicted molar refractivity (Wildman–Crippen MR) is 60.3 cm³/mol. The third-order valence-electron chi connectivity index (χ3n) is 2.30. The van der Waals surface area contributed by atoms with Crippen LogP contribution in [0.5, 0.6) is 0 Å². The molecule has 0 aliphatic heterocycles. The van der Waals surface area contributed by atoms with Crippen LogP contribution in [-0.4, -0.2) is 10.2 Å². The van der Waals surface area contributed by atoms with Gasteiger partial charge >= 0.3 is 6.18 Å². The van der Waals surface area contributed by atoms with Gasteiger partial charge in [0.15, 0.2) is 5.82 Å². The monoisotopic (exact) mass is 254 g/mol. The van der Waals surface area contributed by atoms with Gasteiger partial charge in [0, 0.05) is 5.56 Å². The lowest BCUT2D eigenvalue weighted by molar-refractivity contribution is -0.137. The van der Waals surface area contributed by atoms with Crippen molar-refractivity contribution < 1.29 is 13.2 Å². The van der Waals surface area contributed by atoms with E-state index in [4.69, 9.17) is 5.84 Å². The Hall–Kier alpha value is -2.15. The van der Waals surface area contributed by atoms with Crippen molar-refractivity contribution in [3.8, 4) is 11.3 Å². The third kappa shape index (κ3) is 2.57. The molecule has 0 fully saturated rings. The van der Waals surface area contributed by atoms with Crippen LogP contribution in [0.25, 0.3) is 11.3 Å². The fraction of sp³-hybridized carbons (Fsp3) is 0.0909. The average molecular weight is 254 g/mol. The molecule has 7 heteroatoms. The van der Waals surface area contributed by atoms with Gasteiger partial charge in [-0.1, -0.05) is 12.1 Å². The molecule has 0 aliphatic rings. The Labute approximate surface area is 101 Å². The number of anilines is 1. The standard InChI is InChI=1S/C11H9F3N4/c12-11(13,14)8-3-1-2-7(6-8)9-4-5-10(16-15)18-17-9/h1-6H,15H2,(H,16,18). The number of nitrogens with one attached hydrogen (secondary N) is 1. The van der Waals surface area contributed by atoms with E-state index in [1.165, 1.54) is 24.3 Å². The lowest BCUT2D eigenvalue weighted by atomic mass is 10.1. The quantitative estimate of drug-likeness (QED) is 0.638. The summed E-state index contributed by atoms with van der Waals surface area (Å²) in [6.45, 7) is 0. The average Bonchev–Trinajstić information content (AvgIpc) is 2.38. The van der Waals surface area contributed by atoms with E-state index in [0.717, 1.165) is 12.1 Å². The molecule has 94 valence electrons. The van der Waals surface area contributed by atoms with Crippen LogP contribution in [0, 0.1) is 0 Å². The molecule has 0 amide bonds. The van der Waals surface area contributed by atoms with E-state index in [9.17, 15) is 13.2 Å². The summed E-state index contributed by atoms with van der Waals surface area (Å²) in [7, 11) is 0. The van der Waals surface area contributed by atoms with Gasteiger partial charge in [0.2, 0.25) is 0 Å². The zero-order valence-corrected chi connectivity index (χ0v) is 9.07. The van der Waals surface area contributed by atoms with Gasteiger partial charge in [0.25, 0.3) is 0 Å². The number of hydrogen-bond acceptors (Lipinski definition) is 4. The highest BCUT2D eigenvalue weighted by Crippen LogP contribution is 2.31. The molecule has 4 nitrogen and oxygen atoms in total. The normalized spacial score (nSPS) is 11.3. The maximum absolute atomic E-state index is 12.5. The van der Waals surface area contributed by atoms with Crippen molar-refractivity contribution in [1.82, 2.24) is 10.2 Å². The zero-order valence-electron chi connectivity index (χ0n) is 9.07. The van der Waals surface area contributed by atoms with Crippen molar-refractivity contribution in [2.45, 2.75) is 6.18 Å². The van der Waals surface area contributed by atoms with Crippen molar-refractivity contribution in [2.75, 3.05) is 5.43 Å². The smallest absolute Gasteiger partial charge is 0.307 e. The number of hydrogen-bond donors (Lipinski definition) is 2. The molecule has 0 saturated heterocycles. The Bertz CT molecular complexity index is 537. The molecule has 1 aromatic carbocycles. The van der Waals surface area contributed by atoms with E-state index >= 15 is 0 Å². The van der Waals surface area contributed by atoms with E-state index < -0.39 is 11.7 Å². The summed E-state index contributed by atoms with van der Waals surface area (Å²) in [5, 5.41) is 7.48. The number of hydrazine groups is 1. The van der Waals surface area contributed by atoms with Crippen LogP contribution in [0.3, 0.4) is 0 Å². The minimum absolute atomic E-state index is 0.339. The summed E-state index contributed by atoms with van der Waals surface area (Å²) >= 11 is 0. The molecule has 1 heterocycles. The zero-order chi connectivity index (χ0) is 13.2. The molecule has 2 aromatic rings. The lowest BCUT2D eigenvalue weighted by Gasteiger charge is -2.08. The van der Waals surface area contributed by atoms with E-state index in [1.807, 2.05) is 0 Å². The second-order valence-electron chi connectivity index (χ2n) is 3.53. The van der Waals surface area contributed by atoms with Gasteiger partial charge in [-0.2, -0.15) is 13.2 Å². The Morgan fingerprint density at radius 1 is 1.06 bits per heavy atom. The molecule has 3 N–H and O–H groups in total. The van der Waals surface area contributed by atoms with Gasteiger partial charge in [-0.3, -0.25) is 0 Å². The highest BCUT2D eigenvalue weighted by atomic mass is 19.4. The number of nitrogen functional groups attached to an aromatic ring is 1. The van der Waals surface area contributed by atoms with Crippen LogP contribution in [0.2, 0.25) is 0 Å². The van der Waals surface area contributed by atoms with Gasteiger partial charge in [0.1, 0.15) is 0 Å². The summed E-state index contributed by atoms with van der Waals surface area (Å²) in [4.78, 5) is 0. The summed E-state index contributed by atoms with van der Waals surface area (Å²) in [6, 6.07) is 7.97. The molecule has 0 atom stereocenters. The molecule has 2 rings (SSSR count). The van der Waals surface area contributed by atoms with Gasteiger partial charge in [-0.25, -0.2) is 5.84 Å². The van der Waals surface area contributed by atoms with E-state index in [0.29, 0.717) is 17.1 Å². The van der Waals surface area contributed by atoms with Crippen LogP contribution in [0.15, 0.2) is 36.4 Å². The van der Waals surface area contributed by atoms with Crippen molar-refractivity contribution in [2.24, 2.45) is 5.84 Å². The molecular formula is C11H9F3N4.